The Morgan fingerprint density at radius 1 is 1.42 bits per heavy atom. The number of amides is 1. The molecule has 1 rings (SSSR count). The third-order valence-corrected chi connectivity index (χ3v) is 3.23. The molecule has 0 aliphatic heterocycles. The van der Waals surface area contributed by atoms with Crippen molar-refractivity contribution in [2.45, 2.75) is 13.3 Å². The molecule has 0 fully saturated rings. The highest BCUT2D eigenvalue weighted by Crippen LogP contribution is 2.23. The van der Waals surface area contributed by atoms with Gasteiger partial charge in [-0.15, -0.1) is 0 Å². The van der Waals surface area contributed by atoms with Crippen LogP contribution in [0.15, 0.2) is 22.7 Å². The van der Waals surface area contributed by atoms with Crippen LogP contribution in [0, 0.1) is 0 Å². The van der Waals surface area contributed by atoms with Crippen LogP contribution in [0.2, 0.25) is 0 Å². The number of rotatable bonds is 6. The van der Waals surface area contributed by atoms with Crippen molar-refractivity contribution in [2.24, 2.45) is 0 Å². The predicted octanol–water partition coefficient (Wildman–Crippen LogP) is 2.11. The molecule has 0 spiro atoms. The highest BCUT2D eigenvalue weighted by Gasteiger charge is 2.12. The number of halogens is 1. The third kappa shape index (κ3) is 4.55. The SMILES string of the molecule is CCCNC(=O)CN(C)c1ccc(C(=O)O)c(Br)c1. The van der Waals surface area contributed by atoms with Gasteiger partial charge in [0.05, 0.1) is 12.1 Å². The maximum absolute atomic E-state index is 11.6. The standard InChI is InChI=1S/C13H17BrN2O3/c1-3-6-15-12(17)8-16(2)9-4-5-10(13(18)19)11(14)7-9/h4-5,7H,3,6,8H2,1-2H3,(H,15,17)(H,18,19). The zero-order valence-corrected chi connectivity index (χ0v) is 12.5. The molecule has 1 amide bonds. The van der Waals surface area contributed by atoms with Crippen molar-refractivity contribution in [3.63, 3.8) is 0 Å². The smallest absolute Gasteiger partial charge is 0.336 e. The van der Waals surface area contributed by atoms with Gasteiger partial charge < -0.3 is 15.3 Å². The Bertz CT molecular complexity index is 477. The zero-order valence-electron chi connectivity index (χ0n) is 10.9. The van der Waals surface area contributed by atoms with Crippen molar-refractivity contribution < 1.29 is 14.7 Å². The van der Waals surface area contributed by atoms with Crippen LogP contribution in [0.1, 0.15) is 23.7 Å². The maximum Gasteiger partial charge on any atom is 0.336 e. The van der Waals surface area contributed by atoms with Crippen molar-refractivity contribution in [3.05, 3.63) is 28.2 Å². The molecule has 0 radical (unpaired) electrons. The van der Waals surface area contributed by atoms with E-state index in [0.717, 1.165) is 12.1 Å². The van der Waals surface area contributed by atoms with Crippen molar-refractivity contribution in [3.8, 4) is 0 Å². The van der Waals surface area contributed by atoms with Crippen molar-refractivity contribution in [2.75, 3.05) is 25.0 Å². The molecule has 19 heavy (non-hydrogen) atoms. The van der Waals surface area contributed by atoms with E-state index >= 15 is 0 Å². The molecule has 0 unspecified atom stereocenters. The van der Waals surface area contributed by atoms with Crippen LogP contribution in [-0.4, -0.2) is 37.1 Å². The van der Waals surface area contributed by atoms with E-state index in [0.29, 0.717) is 11.0 Å². The number of aromatic carboxylic acids is 1. The number of carbonyl (C=O) groups is 2. The molecule has 0 atom stereocenters. The summed E-state index contributed by atoms with van der Waals surface area (Å²) in [6, 6.07) is 4.89. The number of carboxylic acid groups (broad SMARTS) is 1. The zero-order chi connectivity index (χ0) is 14.4. The second-order valence-corrected chi connectivity index (χ2v) is 5.03. The van der Waals surface area contributed by atoms with E-state index in [1.54, 1.807) is 24.1 Å². The van der Waals surface area contributed by atoms with Gasteiger partial charge in [-0.05, 0) is 40.5 Å². The number of benzene rings is 1. The van der Waals surface area contributed by atoms with Crippen LogP contribution in [0.25, 0.3) is 0 Å². The number of anilines is 1. The highest BCUT2D eigenvalue weighted by molar-refractivity contribution is 9.10. The lowest BCUT2D eigenvalue weighted by atomic mass is 10.2. The number of likely N-dealkylation sites (N-methyl/N-ethyl adjacent to an activating group) is 1. The van der Waals surface area contributed by atoms with Gasteiger partial charge in [0, 0.05) is 23.8 Å². The van der Waals surface area contributed by atoms with Crippen LogP contribution >= 0.6 is 15.9 Å². The molecule has 1 aromatic carbocycles. The van der Waals surface area contributed by atoms with Gasteiger partial charge in [0.25, 0.3) is 0 Å². The number of hydrogen-bond donors (Lipinski definition) is 2. The van der Waals surface area contributed by atoms with Gasteiger partial charge in [-0.25, -0.2) is 4.79 Å². The van der Waals surface area contributed by atoms with Gasteiger partial charge in [0.1, 0.15) is 0 Å². The van der Waals surface area contributed by atoms with E-state index in [1.807, 2.05) is 6.92 Å². The van der Waals surface area contributed by atoms with Gasteiger partial charge >= 0.3 is 5.97 Å². The molecule has 0 saturated carbocycles. The Kier molecular flexibility index (Phi) is 5.82. The molecule has 2 N–H and O–H groups in total. The average molecular weight is 329 g/mol. The Morgan fingerprint density at radius 2 is 2.11 bits per heavy atom. The molecule has 0 saturated heterocycles. The van der Waals surface area contributed by atoms with Crippen LogP contribution in [0.4, 0.5) is 5.69 Å². The number of hydrogen-bond acceptors (Lipinski definition) is 3. The van der Waals surface area contributed by atoms with Gasteiger partial charge in [0.2, 0.25) is 5.91 Å². The fraction of sp³-hybridized carbons (Fsp3) is 0.385. The minimum absolute atomic E-state index is 0.0530. The first-order chi connectivity index (χ1) is 8.95. The molecule has 0 aliphatic rings. The first-order valence-electron chi connectivity index (χ1n) is 5.96. The topological polar surface area (TPSA) is 69.6 Å². The molecule has 0 aliphatic carbocycles. The van der Waals surface area contributed by atoms with Crippen molar-refractivity contribution in [1.82, 2.24) is 5.32 Å². The van der Waals surface area contributed by atoms with E-state index < -0.39 is 5.97 Å². The van der Waals surface area contributed by atoms with Crippen LogP contribution in [-0.2, 0) is 4.79 Å². The van der Waals surface area contributed by atoms with Crippen LogP contribution in [0.3, 0.4) is 0 Å². The van der Waals surface area contributed by atoms with Crippen molar-refractivity contribution >= 4 is 33.5 Å². The summed E-state index contributed by atoms with van der Waals surface area (Å²) in [4.78, 5) is 24.2. The van der Waals surface area contributed by atoms with Crippen molar-refractivity contribution in [1.29, 1.82) is 0 Å². The summed E-state index contributed by atoms with van der Waals surface area (Å²) in [5.41, 5.74) is 0.983. The fourth-order valence-electron chi connectivity index (χ4n) is 1.54. The molecular weight excluding hydrogens is 312 g/mol. The number of carbonyl (C=O) groups excluding carboxylic acids is 1. The molecule has 0 bridgehead atoms. The van der Waals surface area contributed by atoms with E-state index in [1.165, 1.54) is 6.07 Å². The fourth-order valence-corrected chi connectivity index (χ4v) is 2.08. The van der Waals surface area contributed by atoms with E-state index in [2.05, 4.69) is 21.2 Å². The average Bonchev–Trinajstić information content (AvgIpc) is 2.35. The Labute approximate surface area is 120 Å². The minimum Gasteiger partial charge on any atom is -0.478 e. The largest absolute Gasteiger partial charge is 0.478 e. The van der Waals surface area contributed by atoms with E-state index in [9.17, 15) is 9.59 Å². The number of nitrogens with one attached hydrogen (secondary N) is 1. The quantitative estimate of drug-likeness (QED) is 0.839. The second-order valence-electron chi connectivity index (χ2n) is 4.18. The molecule has 0 aromatic heterocycles. The molecule has 6 heteroatoms. The minimum atomic E-state index is -0.984. The molecule has 104 valence electrons. The summed E-state index contributed by atoms with van der Waals surface area (Å²) >= 11 is 3.22. The molecular formula is C13H17BrN2O3. The maximum atomic E-state index is 11.6. The highest BCUT2D eigenvalue weighted by atomic mass is 79.9. The van der Waals surface area contributed by atoms with E-state index in [-0.39, 0.29) is 18.0 Å². The molecule has 5 nitrogen and oxygen atoms in total. The molecule has 0 heterocycles. The summed E-state index contributed by atoms with van der Waals surface area (Å²) in [5, 5.41) is 11.7. The predicted molar refractivity (Wildman–Crippen MR) is 77.7 cm³/mol. The Morgan fingerprint density at radius 3 is 2.63 bits per heavy atom. The lowest BCUT2D eigenvalue weighted by Crippen LogP contribution is -2.35. The monoisotopic (exact) mass is 328 g/mol. The molecule has 1 aromatic rings. The lowest BCUT2D eigenvalue weighted by Gasteiger charge is -2.19. The Hall–Kier alpha value is -1.56. The lowest BCUT2D eigenvalue weighted by molar-refractivity contribution is -0.119. The normalized spacial score (nSPS) is 10.1. The summed E-state index contributed by atoms with van der Waals surface area (Å²) in [6.45, 7) is 2.89. The number of nitrogens with zero attached hydrogens (tertiary/aromatic N) is 1. The summed E-state index contributed by atoms with van der Waals surface area (Å²) in [7, 11) is 1.79. The van der Waals surface area contributed by atoms with Gasteiger partial charge in [-0.1, -0.05) is 6.92 Å². The first-order valence-corrected chi connectivity index (χ1v) is 6.75. The van der Waals surface area contributed by atoms with Gasteiger partial charge in [0.15, 0.2) is 0 Å². The van der Waals surface area contributed by atoms with Crippen LogP contribution in [0.5, 0.6) is 0 Å². The first kappa shape index (κ1) is 15.5. The van der Waals surface area contributed by atoms with Gasteiger partial charge in [-0.3, -0.25) is 4.79 Å². The van der Waals surface area contributed by atoms with Crippen LogP contribution < -0.4 is 10.2 Å². The van der Waals surface area contributed by atoms with E-state index in [4.69, 9.17) is 5.11 Å². The Balaban J connectivity index is 2.72. The summed E-state index contributed by atoms with van der Waals surface area (Å²) < 4.78 is 0.498. The van der Waals surface area contributed by atoms with Gasteiger partial charge in [-0.2, -0.15) is 0 Å². The number of carboxylic acids is 1. The third-order valence-electron chi connectivity index (χ3n) is 2.58. The summed E-state index contributed by atoms with van der Waals surface area (Å²) in [6.07, 6.45) is 0.897. The second kappa shape index (κ2) is 7.13. The summed E-state index contributed by atoms with van der Waals surface area (Å²) in [5.74, 6) is -1.04.